The summed E-state index contributed by atoms with van der Waals surface area (Å²) in [6.07, 6.45) is 0. The van der Waals surface area contributed by atoms with Crippen molar-refractivity contribution in [1.29, 1.82) is 0 Å². The third kappa shape index (κ3) is 4.28. The number of rotatable bonds is 4. The van der Waals surface area contributed by atoms with Crippen molar-refractivity contribution in [2.45, 2.75) is 15.2 Å². The molecule has 2 aliphatic rings. The summed E-state index contributed by atoms with van der Waals surface area (Å²) in [6.45, 7) is 0. The highest BCUT2D eigenvalue weighted by Crippen LogP contribution is 2.63. The summed E-state index contributed by atoms with van der Waals surface area (Å²) in [5, 5.41) is 9.85. The Hall–Kier alpha value is -6.10. The molecule has 1 aromatic heterocycles. The first-order valence-electron chi connectivity index (χ1n) is 16.9. The molecule has 7 aromatic carbocycles. The fourth-order valence-electron chi connectivity index (χ4n) is 7.97. The lowest BCUT2D eigenvalue weighted by molar-refractivity contribution is 0.722. The minimum atomic E-state index is -0.462. The molecule has 8 aromatic rings. The number of aromatic nitrogens is 3. The maximum atomic E-state index is 5.37. The van der Waals surface area contributed by atoms with Crippen LogP contribution >= 0.6 is 11.8 Å². The van der Waals surface area contributed by atoms with Gasteiger partial charge in [-0.15, -0.1) is 10.2 Å². The lowest BCUT2D eigenvalue weighted by atomic mass is 9.67. The molecule has 0 unspecified atom stereocenters. The molecule has 234 valence electrons. The zero-order chi connectivity index (χ0) is 33.1. The smallest absolute Gasteiger partial charge is 0.183 e. The van der Waals surface area contributed by atoms with Crippen LogP contribution < -0.4 is 0 Å². The topological polar surface area (TPSA) is 38.7 Å². The molecule has 0 saturated carbocycles. The molecule has 10 rings (SSSR count). The molecule has 0 N–H and O–H groups in total. The van der Waals surface area contributed by atoms with Gasteiger partial charge in [-0.2, -0.15) is 0 Å². The first-order chi connectivity index (χ1) is 24.8. The van der Waals surface area contributed by atoms with Gasteiger partial charge in [0.05, 0.1) is 5.41 Å². The second-order valence-electron chi connectivity index (χ2n) is 12.8. The molecule has 0 saturated heterocycles. The van der Waals surface area contributed by atoms with Crippen molar-refractivity contribution in [3.8, 4) is 56.2 Å². The quantitative estimate of drug-likeness (QED) is 0.189. The van der Waals surface area contributed by atoms with E-state index in [4.69, 9.17) is 15.2 Å². The predicted molar refractivity (Wildman–Crippen MR) is 203 cm³/mol. The Morgan fingerprint density at radius 3 is 1.56 bits per heavy atom. The van der Waals surface area contributed by atoms with E-state index >= 15 is 0 Å². The van der Waals surface area contributed by atoms with Gasteiger partial charge in [0.15, 0.2) is 5.82 Å². The first-order valence-corrected chi connectivity index (χ1v) is 17.7. The summed E-state index contributed by atoms with van der Waals surface area (Å²) in [4.78, 5) is 7.93. The van der Waals surface area contributed by atoms with E-state index in [1.165, 1.54) is 48.7 Å². The Bertz CT molecular complexity index is 2520. The summed E-state index contributed by atoms with van der Waals surface area (Å²) >= 11 is 1.86. The minimum absolute atomic E-state index is 0.462. The maximum Gasteiger partial charge on any atom is 0.183 e. The van der Waals surface area contributed by atoms with Crippen LogP contribution in [-0.4, -0.2) is 15.2 Å². The van der Waals surface area contributed by atoms with Crippen LogP contribution in [0.25, 0.3) is 56.2 Å². The summed E-state index contributed by atoms with van der Waals surface area (Å²) in [5.74, 6) is 0.615. The third-order valence-corrected chi connectivity index (χ3v) is 11.3. The Morgan fingerprint density at radius 2 is 0.860 bits per heavy atom. The minimum Gasteiger partial charge on any atom is -0.224 e. The van der Waals surface area contributed by atoms with Crippen molar-refractivity contribution in [2.75, 3.05) is 0 Å². The number of benzene rings is 7. The van der Waals surface area contributed by atoms with Gasteiger partial charge in [0, 0.05) is 26.5 Å². The van der Waals surface area contributed by atoms with Crippen molar-refractivity contribution >= 4 is 11.8 Å². The van der Waals surface area contributed by atoms with Gasteiger partial charge in [-0.1, -0.05) is 176 Å². The SMILES string of the molecule is c1ccc(-c2ccc(-c3nnc(-c4cccc5c4-c4ccccc4C54c5ccccc5Sc5ccccc54)nc3-c3ccccc3)cc2)cc1. The molecule has 0 bridgehead atoms. The highest BCUT2D eigenvalue weighted by Gasteiger charge is 2.50. The van der Waals surface area contributed by atoms with E-state index in [-0.39, 0.29) is 0 Å². The molecule has 1 aliphatic carbocycles. The Balaban J connectivity index is 1.19. The molecular weight excluding hydrogens is 627 g/mol. The van der Waals surface area contributed by atoms with Crippen LogP contribution in [0.2, 0.25) is 0 Å². The average molecular weight is 656 g/mol. The van der Waals surface area contributed by atoms with Gasteiger partial charge in [0.1, 0.15) is 11.4 Å². The van der Waals surface area contributed by atoms with E-state index in [9.17, 15) is 0 Å². The first kappa shape index (κ1) is 28.9. The van der Waals surface area contributed by atoms with Gasteiger partial charge < -0.3 is 0 Å². The molecule has 0 atom stereocenters. The molecule has 50 heavy (non-hydrogen) atoms. The van der Waals surface area contributed by atoms with Crippen LogP contribution in [0.4, 0.5) is 0 Å². The third-order valence-electron chi connectivity index (χ3n) is 10.1. The fraction of sp³-hybridized carbons (Fsp3) is 0.0217. The second kappa shape index (κ2) is 11.5. The van der Waals surface area contributed by atoms with Crippen molar-refractivity contribution in [2.24, 2.45) is 0 Å². The van der Waals surface area contributed by atoms with Crippen LogP contribution in [0.1, 0.15) is 22.3 Å². The fourth-order valence-corrected chi connectivity index (χ4v) is 9.16. The average Bonchev–Trinajstić information content (AvgIpc) is 3.49. The van der Waals surface area contributed by atoms with Crippen molar-refractivity contribution in [1.82, 2.24) is 15.2 Å². The van der Waals surface area contributed by atoms with E-state index in [0.29, 0.717) is 5.82 Å². The molecule has 4 heteroatoms. The van der Waals surface area contributed by atoms with E-state index in [1.54, 1.807) is 0 Å². The summed E-state index contributed by atoms with van der Waals surface area (Å²) in [5.41, 5.74) is 13.9. The molecule has 0 amide bonds. The number of nitrogens with zero attached hydrogens (tertiary/aromatic N) is 3. The van der Waals surface area contributed by atoms with Gasteiger partial charge >= 0.3 is 0 Å². The molecular formula is C46H29N3S. The van der Waals surface area contributed by atoms with Crippen LogP contribution in [0.15, 0.2) is 186 Å². The van der Waals surface area contributed by atoms with Crippen LogP contribution in [0.5, 0.6) is 0 Å². The van der Waals surface area contributed by atoms with E-state index in [0.717, 1.165) is 33.6 Å². The highest BCUT2D eigenvalue weighted by molar-refractivity contribution is 7.99. The lowest BCUT2D eigenvalue weighted by Crippen LogP contribution is -2.31. The van der Waals surface area contributed by atoms with Gasteiger partial charge in [0.25, 0.3) is 0 Å². The van der Waals surface area contributed by atoms with Crippen molar-refractivity contribution in [3.05, 3.63) is 198 Å². The maximum absolute atomic E-state index is 5.37. The normalized spacial score (nSPS) is 13.3. The number of fused-ring (bicyclic) bond motifs is 9. The van der Waals surface area contributed by atoms with Gasteiger partial charge in [0.2, 0.25) is 0 Å². The molecule has 2 heterocycles. The Kier molecular flexibility index (Phi) is 6.64. The summed E-state index contributed by atoms with van der Waals surface area (Å²) < 4.78 is 0. The summed E-state index contributed by atoms with van der Waals surface area (Å²) in [6, 6.07) is 62.6. The lowest BCUT2D eigenvalue weighted by Gasteiger charge is -2.39. The monoisotopic (exact) mass is 655 g/mol. The van der Waals surface area contributed by atoms with Gasteiger partial charge in [-0.25, -0.2) is 4.98 Å². The zero-order valence-corrected chi connectivity index (χ0v) is 27.8. The van der Waals surface area contributed by atoms with Gasteiger partial charge in [-0.05, 0) is 56.6 Å². The Morgan fingerprint density at radius 1 is 0.360 bits per heavy atom. The van der Waals surface area contributed by atoms with E-state index in [1.807, 2.05) is 23.9 Å². The largest absolute Gasteiger partial charge is 0.224 e. The van der Waals surface area contributed by atoms with Crippen molar-refractivity contribution < 1.29 is 0 Å². The number of hydrogen-bond acceptors (Lipinski definition) is 4. The second-order valence-corrected chi connectivity index (χ2v) is 13.8. The van der Waals surface area contributed by atoms with Crippen molar-refractivity contribution in [3.63, 3.8) is 0 Å². The van der Waals surface area contributed by atoms with Crippen LogP contribution in [0, 0.1) is 0 Å². The molecule has 0 fully saturated rings. The summed E-state index contributed by atoms with van der Waals surface area (Å²) in [7, 11) is 0. The van der Waals surface area contributed by atoms with Crippen LogP contribution in [0.3, 0.4) is 0 Å². The Labute approximate surface area is 295 Å². The molecule has 1 spiro atoms. The van der Waals surface area contributed by atoms with Crippen LogP contribution in [-0.2, 0) is 5.41 Å². The van der Waals surface area contributed by atoms with Gasteiger partial charge in [-0.3, -0.25) is 0 Å². The molecule has 1 aliphatic heterocycles. The molecule has 0 radical (unpaired) electrons. The standard InChI is InChI=1S/C46H29N3S/c1-3-14-30(15-4-1)31-26-28-33(29-27-31)44-43(32-16-5-2-6-17-32)47-45(49-48-44)35-19-13-23-39-42(35)34-18-7-8-20-36(34)46(39)37-21-9-11-24-40(37)50-41-25-12-10-22-38(41)46/h1-29H. The van der Waals surface area contributed by atoms with E-state index < -0.39 is 5.41 Å². The zero-order valence-electron chi connectivity index (χ0n) is 27.0. The van der Waals surface area contributed by atoms with E-state index in [2.05, 4.69) is 164 Å². The predicted octanol–water partition coefficient (Wildman–Crippen LogP) is 11.4. The number of hydrogen-bond donors (Lipinski definition) is 0. The highest BCUT2D eigenvalue weighted by atomic mass is 32.2. The molecule has 3 nitrogen and oxygen atoms in total.